The van der Waals surface area contributed by atoms with Crippen LogP contribution >= 0.6 is 23.2 Å². The molecule has 0 aliphatic carbocycles. The molecule has 0 radical (unpaired) electrons. The second-order valence-corrected chi connectivity index (χ2v) is 2.60. The highest BCUT2D eigenvalue weighted by Gasteiger charge is 2.14. The molecule has 1 unspecified atom stereocenters. The largest absolute Gasteiger partial charge is 0.465 e. The average molecular weight is 185 g/mol. The van der Waals surface area contributed by atoms with Crippen molar-refractivity contribution in [3.8, 4) is 0 Å². The van der Waals surface area contributed by atoms with Crippen LogP contribution < -0.4 is 0 Å². The van der Waals surface area contributed by atoms with Gasteiger partial charge in [-0.2, -0.15) is 0 Å². The minimum atomic E-state index is -0.586. The minimum Gasteiger partial charge on any atom is -0.465 e. The SMILES string of the molecule is CCOC(=O)C(Cl)CCCl. The number of hydrogen-bond donors (Lipinski definition) is 0. The van der Waals surface area contributed by atoms with Crippen molar-refractivity contribution in [2.75, 3.05) is 12.5 Å². The lowest BCUT2D eigenvalue weighted by atomic mass is 10.3. The van der Waals surface area contributed by atoms with Crippen LogP contribution in [-0.2, 0) is 9.53 Å². The number of carbonyl (C=O) groups is 1. The van der Waals surface area contributed by atoms with Gasteiger partial charge in [-0.3, -0.25) is 4.79 Å². The van der Waals surface area contributed by atoms with Crippen molar-refractivity contribution in [2.45, 2.75) is 18.7 Å². The van der Waals surface area contributed by atoms with Crippen LogP contribution in [-0.4, -0.2) is 23.8 Å². The lowest BCUT2D eigenvalue weighted by Crippen LogP contribution is -2.18. The maximum absolute atomic E-state index is 10.7. The number of rotatable bonds is 4. The molecule has 0 aromatic rings. The first-order valence-corrected chi connectivity index (χ1v) is 4.06. The summed E-state index contributed by atoms with van der Waals surface area (Å²) in [6, 6.07) is 0. The zero-order valence-electron chi connectivity index (χ0n) is 5.77. The Kier molecular flexibility index (Phi) is 5.84. The number of ether oxygens (including phenoxy) is 1. The molecular formula is C6H10Cl2O2. The highest BCUT2D eigenvalue weighted by molar-refractivity contribution is 6.30. The fourth-order valence-corrected chi connectivity index (χ4v) is 0.948. The molecule has 0 saturated heterocycles. The summed E-state index contributed by atoms with van der Waals surface area (Å²) in [4.78, 5) is 10.7. The molecule has 0 aromatic heterocycles. The average Bonchev–Trinajstić information content (AvgIpc) is 1.89. The zero-order valence-corrected chi connectivity index (χ0v) is 7.28. The minimum absolute atomic E-state index is 0.365. The number of alkyl halides is 2. The summed E-state index contributed by atoms with van der Waals surface area (Å²) in [6.45, 7) is 2.10. The fourth-order valence-electron chi connectivity index (χ4n) is 0.446. The lowest BCUT2D eigenvalue weighted by Gasteiger charge is -2.05. The third-order valence-electron chi connectivity index (χ3n) is 0.905. The summed E-state index contributed by atoms with van der Waals surface area (Å²) in [5.74, 6) is -0.00250. The normalized spacial score (nSPS) is 12.7. The van der Waals surface area contributed by atoms with Gasteiger partial charge in [0.15, 0.2) is 0 Å². The standard InChI is InChI=1S/C6H10Cl2O2/c1-2-10-6(9)5(8)3-4-7/h5H,2-4H2,1H3. The second-order valence-electron chi connectivity index (χ2n) is 1.70. The predicted octanol–water partition coefficient (Wildman–Crippen LogP) is 1.79. The molecule has 0 rings (SSSR count). The van der Waals surface area contributed by atoms with E-state index in [0.29, 0.717) is 18.9 Å². The molecule has 0 spiro atoms. The van der Waals surface area contributed by atoms with E-state index in [1.807, 2.05) is 0 Å². The Labute approximate surface area is 70.4 Å². The second kappa shape index (κ2) is 5.81. The van der Waals surface area contributed by atoms with Gasteiger partial charge in [0.05, 0.1) is 6.61 Å². The Morgan fingerprint density at radius 2 is 2.30 bits per heavy atom. The van der Waals surface area contributed by atoms with Gasteiger partial charge in [-0.15, -0.1) is 23.2 Å². The van der Waals surface area contributed by atoms with Gasteiger partial charge in [0.25, 0.3) is 0 Å². The molecule has 0 aliphatic rings. The van der Waals surface area contributed by atoms with Gasteiger partial charge < -0.3 is 4.74 Å². The molecule has 10 heavy (non-hydrogen) atoms. The lowest BCUT2D eigenvalue weighted by molar-refractivity contribution is -0.142. The van der Waals surface area contributed by atoms with Crippen molar-refractivity contribution in [2.24, 2.45) is 0 Å². The van der Waals surface area contributed by atoms with Gasteiger partial charge in [-0.25, -0.2) is 0 Å². The van der Waals surface area contributed by atoms with Crippen molar-refractivity contribution in [1.29, 1.82) is 0 Å². The molecule has 0 aromatic carbocycles. The Morgan fingerprint density at radius 1 is 1.70 bits per heavy atom. The van der Waals surface area contributed by atoms with E-state index in [4.69, 9.17) is 23.2 Å². The first kappa shape index (κ1) is 10.0. The first-order chi connectivity index (χ1) is 4.72. The fraction of sp³-hybridized carbons (Fsp3) is 0.833. The van der Waals surface area contributed by atoms with Crippen LogP contribution in [0.5, 0.6) is 0 Å². The van der Waals surface area contributed by atoms with Crippen LogP contribution in [0.2, 0.25) is 0 Å². The van der Waals surface area contributed by atoms with Crippen LogP contribution in [0.3, 0.4) is 0 Å². The van der Waals surface area contributed by atoms with E-state index in [-0.39, 0.29) is 5.97 Å². The Bertz CT molecular complexity index is 106. The Morgan fingerprint density at radius 3 is 2.70 bits per heavy atom. The van der Waals surface area contributed by atoms with Crippen LogP contribution in [0.15, 0.2) is 0 Å². The smallest absolute Gasteiger partial charge is 0.324 e. The van der Waals surface area contributed by atoms with E-state index in [1.165, 1.54) is 0 Å². The summed E-state index contributed by atoms with van der Waals surface area (Å²) in [5.41, 5.74) is 0. The first-order valence-electron chi connectivity index (χ1n) is 3.09. The Hall–Kier alpha value is 0.0500. The predicted molar refractivity (Wildman–Crippen MR) is 41.6 cm³/mol. The van der Waals surface area contributed by atoms with Gasteiger partial charge in [0.2, 0.25) is 0 Å². The highest BCUT2D eigenvalue weighted by Crippen LogP contribution is 2.05. The summed E-state index contributed by atoms with van der Waals surface area (Å²) in [5, 5.41) is -0.586. The van der Waals surface area contributed by atoms with Crippen molar-refractivity contribution >= 4 is 29.2 Å². The van der Waals surface area contributed by atoms with Gasteiger partial charge in [-0.1, -0.05) is 0 Å². The maximum atomic E-state index is 10.7. The molecule has 0 amide bonds. The molecule has 0 fully saturated rings. The molecule has 2 nitrogen and oxygen atoms in total. The van der Waals surface area contributed by atoms with Gasteiger partial charge in [-0.05, 0) is 13.3 Å². The van der Waals surface area contributed by atoms with Crippen LogP contribution in [0.1, 0.15) is 13.3 Å². The maximum Gasteiger partial charge on any atom is 0.324 e. The molecule has 0 bridgehead atoms. The summed E-state index contributed by atoms with van der Waals surface area (Å²) in [7, 11) is 0. The molecule has 60 valence electrons. The van der Waals surface area contributed by atoms with E-state index in [0.717, 1.165) is 0 Å². The molecule has 1 atom stereocenters. The molecule has 0 heterocycles. The zero-order chi connectivity index (χ0) is 7.98. The summed E-state index contributed by atoms with van der Waals surface area (Å²) >= 11 is 10.9. The third kappa shape index (κ3) is 3.96. The van der Waals surface area contributed by atoms with Crippen LogP contribution in [0.4, 0.5) is 0 Å². The summed E-state index contributed by atoms with van der Waals surface area (Å²) < 4.78 is 4.63. The van der Waals surface area contributed by atoms with Crippen molar-refractivity contribution in [3.05, 3.63) is 0 Å². The highest BCUT2D eigenvalue weighted by atomic mass is 35.5. The number of carbonyl (C=O) groups excluding carboxylic acids is 1. The molecule has 0 aliphatic heterocycles. The number of esters is 1. The summed E-state index contributed by atoms with van der Waals surface area (Å²) in [6.07, 6.45) is 0.460. The van der Waals surface area contributed by atoms with E-state index in [1.54, 1.807) is 6.92 Å². The van der Waals surface area contributed by atoms with Gasteiger partial charge >= 0.3 is 5.97 Å². The van der Waals surface area contributed by atoms with Crippen molar-refractivity contribution < 1.29 is 9.53 Å². The van der Waals surface area contributed by atoms with Gasteiger partial charge in [0.1, 0.15) is 5.38 Å². The monoisotopic (exact) mass is 184 g/mol. The van der Waals surface area contributed by atoms with E-state index in [2.05, 4.69) is 4.74 Å². The van der Waals surface area contributed by atoms with Crippen molar-refractivity contribution in [3.63, 3.8) is 0 Å². The molecule has 0 saturated carbocycles. The number of halogens is 2. The van der Waals surface area contributed by atoms with E-state index >= 15 is 0 Å². The quantitative estimate of drug-likeness (QED) is 0.493. The van der Waals surface area contributed by atoms with Gasteiger partial charge in [0, 0.05) is 5.88 Å². The molecule has 4 heteroatoms. The van der Waals surface area contributed by atoms with E-state index < -0.39 is 5.38 Å². The topological polar surface area (TPSA) is 26.3 Å². The van der Waals surface area contributed by atoms with Crippen LogP contribution in [0.25, 0.3) is 0 Å². The number of hydrogen-bond acceptors (Lipinski definition) is 2. The third-order valence-corrected chi connectivity index (χ3v) is 1.52. The van der Waals surface area contributed by atoms with Crippen molar-refractivity contribution in [1.82, 2.24) is 0 Å². The molecule has 0 N–H and O–H groups in total. The van der Waals surface area contributed by atoms with E-state index in [9.17, 15) is 4.79 Å². The molecular weight excluding hydrogens is 175 g/mol. The Balaban J connectivity index is 3.49. The van der Waals surface area contributed by atoms with Crippen LogP contribution in [0, 0.1) is 0 Å².